The maximum Gasteiger partial charge on any atom is 0.256 e. The number of amides is 2. The van der Waals surface area contributed by atoms with Gasteiger partial charge in [-0.15, -0.1) is 0 Å². The van der Waals surface area contributed by atoms with Crippen molar-refractivity contribution < 1.29 is 9.59 Å². The fraction of sp³-hybridized carbons (Fsp3) is 0.333. The number of nitrogens with zero attached hydrogens (tertiary/aromatic N) is 3. The Labute approximate surface area is 140 Å². The molecule has 2 heterocycles. The van der Waals surface area contributed by atoms with Gasteiger partial charge in [0.2, 0.25) is 5.91 Å². The lowest BCUT2D eigenvalue weighted by molar-refractivity contribution is -0.117. The van der Waals surface area contributed by atoms with Gasteiger partial charge in [0.1, 0.15) is 0 Å². The summed E-state index contributed by atoms with van der Waals surface area (Å²) in [6, 6.07) is 7.10. The Kier molecular flexibility index (Phi) is 4.55. The summed E-state index contributed by atoms with van der Waals surface area (Å²) in [7, 11) is 0. The molecule has 1 fully saturated rings. The van der Waals surface area contributed by atoms with E-state index in [9.17, 15) is 9.59 Å². The van der Waals surface area contributed by atoms with Crippen molar-refractivity contribution in [3.63, 3.8) is 0 Å². The molecule has 3 rings (SSSR count). The third-order valence-corrected chi connectivity index (χ3v) is 4.00. The molecule has 2 amide bonds. The number of rotatable bonds is 4. The van der Waals surface area contributed by atoms with E-state index in [-0.39, 0.29) is 17.7 Å². The molecule has 0 bridgehead atoms. The van der Waals surface area contributed by atoms with Gasteiger partial charge in [0.15, 0.2) is 5.82 Å². The largest absolute Gasteiger partial charge is 0.312 e. The molecular formula is C18H20N4O2. The molecule has 0 unspecified atom stereocenters. The van der Waals surface area contributed by atoms with Crippen LogP contribution >= 0.6 is 0 Å². The van der Waals surface area contributed by atoms with Gasteiger partial charge in [-0.1, -0.05) is 19.9 Å². The van der Waals surface area contributed by atoms with Crippen molar-refractivity contribution in [3.05, 3.63) is 47.9 Å². The zero-order chi connectivity index (χ0) is 17.1. The molecule has 2 aromatic rings. The van der Waals surface area contributed by atoms with E-state index in [0.717, 1.165) is 17.8 Å². The van der Waals surface area contributed by atoms with Crippen LogP contribution in [-0.2, 0) is 4.79 Å². The topological polar surface area (TPSA) is 75.2 Å². The van der Waals surface area contributed by atoms with E-state index < -0.39 is 0 Å². The molecule has 0 saturated carbocycles. The second-order valence-corrected chi connectivity index (χ2v) is 6.10. The first-order valence-corrected chi connectivity index (χ1v) is 8.09. The van der Waals surface area contributed by atoms with Gasteiger partial charge in [0.05, 0.1) is 5.69 Å². The minimum absolute atomic E-state index is 0.101. The maximum absolute atomic E-state index is 12.6. The van der Waals surface area contributed by atoms with Crippen LogP contribution in [0.2, 0.25) is 0 Å². The lowest BCUT2D eigenvalue weighted by atomic mass is 10.1. The zero-order valence-corrected chi connectivity index (χ0v) is 13.8. The summed E-state index contributed by atoms with van der Waals surface area (Å²) < 4.78 is 0. The highest BCUT2D eigenvalue weighted by Gasteiger charge is 2.22. The Hall–Kier alpha value is -2.76. The number of nitrogens with one attached hydrogen (secondary N) is 1. The average molecular weight is 324 g/mol. The van der Waals surface area contributed by atoms with Crippen molar-refractivity contribution in [3.8, 4) is 0 Å². The van der Waals surface area contributed by atoms with Crippen LogP contribution in [0.4, 0.5) is 11.5 Å². The van der Waals surface area contributed by atoms with Gasteiger partial charge in [-0.2, -0.15) is 0 Å². The van der Waals surface area contributed by atoms with Crippen molar-refractivity contribution in [1.82, 2.24) is 9.97 Å². The van der Waals surface area contributed by atoms with E-state index in [0.29, 0.717) is 24.3 Å². The molecule has 1 aromatic heterocycles. The molecule has 1 aromatic carbocycles. The Bertz CT molecular complexity index is 773. The monoisotopic (exact) mass is 324 g/mol. The second kappa shape index (κ2) is 6.78. The van der Waals surface area contributed by atoms with Crippen LogP contribution in [0.15, 0.2) is 36.7 Å². The molecule has 6 heteroatoms. The molecule has 1 aliphatic rings. The predicted octanol–water partition coefficient (Wildman–Crippen LogP) is 2.98. The first-order valence-electron chi connectivity index (χ1n) is 8.09. The smallest absolute Gasteiger partial charge is 0.256 e. The molecule has 1 N–H and O–H groups in total. The highest BCUT2D eigenvalue weighted by Crippen LogP contribution is 2.23. The number of carbonyl (C=O) groups excluding carboxylic acids is 2. The van der Waals surface area contributed by atoms with Crippen molar-refractivity contribution in [2.45, 2.75) is 32.6 Å². The van der Waals surface area contributed by atoms with Crippen molar-refractivity contribution >= 4 is 23.3 Å². The number of anilines is 2. The summed E-state index contributed by atoms with van der Waals surface area (Å²) >= 11 is 0. The van der Waals surface area contributed by atoms with Gasteiger partial charge < -0.3 is 10.2 Å². The lowest BCUT2D eigenvalue weighted by Crippen LogP contribution is -2.24. The summed E-state index contributed by atoms with van der Waals surface area (Å²) in [6.45, 7) is 4.70. The minimum atomic E-state index is -0.258. The van der Waals surface area contributed by atoms with Gasteiger partial charge in [0.25, 0.3) is 5.91 Å². The normalized spacial score (nSPS) is 14.3. The van der Waals surface area contributed by atoms with Crippen LogP contribution in [-0.4, -0.2) is 28.3 Å². The summed E-state index contributed by atoms with van der Waals surface area (Å²) in [4.78, 5) is 34.7. The van der Waals surface area contributed by atoms with Crippen molar-refractivity contribution in [2.24, 2.45) is 0 Å². The molecule has 24 heavy (non-hydrogen) atoms. The first-order chi connectivity index (χ1) is 11.6. The highest BCUT2D eigenvalue weighted by atomic mass is 16.2. The minimum Gasteiger partial charge on any atom is -0.312 e. The molecule has 1 saturated heterocycles. The SMILES string of the molecule is CC(C)c1nccnc1NC(=O)c1cccc(N2CCCC2=O)c1. The number of hydrogen-bond donors (Lipinski definition) is 1. The van der Waals surface area contributed by atoms with Crippen molar-refractivity contribution in [2.75, 3.05) is 16.8 Å². The fourth-order valence-corrected chi connectivity index (χ4v) is 2.78. The van der Waals surface area contributed by atoms with Crippen molar-refractivity contribution in [1.29, 1.82) is 0 Å². The van der Waals surface area contributed by atoms with Crippen LogP contribution in [0.3, 0.4) is 0 Å². The van der Waals surface area contributed by atoms with Gasteiger partial charge in [-0.05, 0) is 30.5 Å². The Morgan fingerprint density at radius 2 is 2.04 bits per heavy atom. The van der Waals surface area contributed by atoms with E-state index >= 15 is 0 Å². The van der Waals surface area contributed by atoms with E-state index in [4.69, 9.17) is 0 Å². The Balaban J connectivity index is 1.82. The number of aromatic nitrogens is 2. The molecule has 6 nitrogen and oxygen atoms in total. The van der Waals surface area contributed by atoms with Crippen LogP contribution in [0, 0.1) is 0 Å². The molecule has 0 aliphatic carbocycles. The third kappa shape index (κ3) is 3.27. The summed E-state index contributed by atoms with van der Waals surface area (Å²) in [5, 5.41) is 2.82. The number of benzene rings is 1. The van der Waals surface area contributed by atoms with Crippen LogP contribution in [0.5, 0.6) is 0 Å². The first kappa shape index (κ1) is 16.1. The number of carbonyl (C=O) groups is 2. The van der Waals surface area contributed by atoms with Crippen LogP contribution in [0.25, 0.3) is 0 Å². The predicted molar refractivity (Wildman–Crippen MR) is 92.1 cm³/mol. The quantitative estimate of drug-likeness (QED) is 0.938. The highest BCUT2D eigenvalue weighted by molar-refractivity contribution is 6.05. The van der Waals surface area contributed by atoms with Crippen LogP contribution in [0.1, 0.15) is 48.7 Å². The molecule has 0 radical (unpaired) electrons. The standard InChI is InChI=1S/C18H20N4O2/c1-12(2)16-17(20-9-8-19-16)21-18(24)13-5-3-6-14(11-13)22-10-4-7-15(22)23/h3,5-6,8-9,11-12H,4,7,10H2,1-2H3,(H,20,21,24). The fourth-order valence-electron chi connectivity index (χ4n) is 2.78. The van der Waals surface area contributed by atoms with Gasteiger partial charge >= 0.3 is 0 Å². The Morgan fingerprint density at radius 3 is 2.75 bits per heavy atom. The molecular weight excluding hydrogens is 304 g/mol. The summed E-state index contributed by atoms with van der Waals surface area (Å²) in [6.07, 6.45) is 4.59. The average Bonchev–Trinajstić information content (AvgIpc) is 3.01. The number of hydrogen-bond acceptors (Lipinski definition) is 4. The van der Waals surface area contributed by atoms with E-state index in [1.165, 1.54) is 0 Å². The van der Waals surface area contributed by atoms with E-state index in [1.54, 1.807) is 35.5 Å². The molecule has 124 valence electrons. The maximum atomic E-state index is 12.6. The van der Waals surface area contributed by atoms with Gasteiger partial charge in [0, 0.05) is 36.6 Å². The third-order valence-electron chi connectivity index (χ3n) is 4.00. The second-order valence-electron chi connectivity index (χ2n) is 6.10. The molecule has 0 atom stereocenters. The summed E-state index contributed by atoms with van der Waals surface area (Å²) in [5.41, 5.74) is 2.00. The molecule has 0 spiro atoms. The van der Waals surface area contributed by atoms with Gasteiger partial charge in [-0.25, -0.2) is 4.98 Å². The summed E-state index contributed by atoms with van der Waals surface area (Å²) in [5.74, 6) is 0.470. The van der Waals surface area contributed by atoms with E-state index in [2.05, 4.69) is 15.3 Å². The Morgan fingerprint density at radius 1 is 1.25 bits per heavy atom. The zero-order valence-electron chi connectivity index (χ0n) is 13.8. The van der Waals surface area contributed by atoms with Crippen LogP contribution < -0.4 is 10.2 Å². The molecule has 1 aliphatic heterocycles. The lowest BCUT2D eigenvalue weighted by Gasteiger charge is -2.16. The van der Waals surface area contributed by atoms with Gasteiger partial charge in [-0.3, -0.25) is 14.6 Å². The van der Waals surface area contributed by atoms with E-state index in [1.807, 2.05) is 19.9 Å².